The van der Waals surface area contributed by atoms with Gasteiger partial charge in [-0.15, -0.1) is 0 Å². The molecule has 0 saturated heterocycles. The maximum atomic E-state index is 12.3. The number of hydrazone groups is 1. The average Bonchev–Trinajstić information content (AvgIpc) is 2.63. The Morgan fingerprint density at radius 1 is 1.27 bits per heavy atom. The van der Waals surface area contributed by atoms with E-state index < -0.39 is 5.97 Å². The Hall–Kier alpha value is -2.64. The Balaban J connectivity index is 2.11. The molecule has 2 aromatic rings. The summed E-state index contributed by atoms with van der Waals surface area (Å²) in [5.74, 6) is 0.113. The van der Waals surface area contributed by atoms with Gasteiger partial charge in [0.25, 0.3) is 0 Å². The second-order valence-corrected chi connectivity index (χ2v) is 5.82. The highest BCUT2D eigenvalue weighted by atomic mass is 35.5. The van der Waals surface area contributed by atoms with Gasteiger partial charge >= 0.3 is 5.97 Å². The van der Waals surface area contributed by atoms with Gasteiger partial charge in [-0.25, -0.2) is 4.79 Å². The lowest BCUT2D eigenvalue weighted by Crippen LogP contribution is -2.31. The summed E-state index contributed by atoms with van der Waals surface area (Å²) >= 11 is 11.0. The van der Waals surface area contributed by atoms with Crippen molar-refractivity contribution in [3.63, 3.8) is 0 Å². The van der Waals surface area contributed by atoms with Crippen molar-refractivity contribution >= 4 is 41.1 Å². The number of rotatable bonds is 6. The Morgan fingerprint density at radius 2 is 2.04 bits per heavy atom. The quantitative estimate of drug-likeness (QED) is 0.258. The van der Waals surface area contributed by atoms with Gasteiger partial charge in [0.2, 0.25) is 0 Å². The summed E-state index contributed by atoms with van der Waals surface area (Å²) in [7, 11) is 1.49. The minimum Gasteiger partial charge on any atom is -0.493 e. The first-order valence-corrected chi connectivity index (χ1v) is 8.55. The molecular formula is C18H18ClN3O3S. The van der Waals surface area contributed by atoms with Crippen LogP contribution in [0.2, 0.25) is 5.02 Å². The normalized spacial score (nSPS) is 10.4. The van der Waals surface area contributed by atoms with Crippen LogP contribution in [0.1, 0.15) is 22.8 Å². The van der Waals surface area contributed by atoms with Gasteiger partial charge in [-0.2, -0.15) is 5.10 Å². The number of carbonyl (C=O) groups is 1. The molecule has 0 saturated carbocycles. The molecule has 0 radical (unpaired) electrons. The molecule has 0 fully saturated rings. The summed E-state index contributed by atoms with van der Waals surface area (Å²) in [6.07, 6.45) is 1.58. The number of nitrogens with zero attached hydrogens (tertiary/aromatic N) is 1. The highest BCUT2D eigenvalue weighted by molar-refractivity contribution is 7.80. The summed E-state index contributed by atoms with van der Waals surface area (Å²) in [6, 6.07) is 11.7. The first kappa shape index (κ1) is 19.7. The topological polar surface area (TPSA) is 72.0 Å². The average molecular weight is 392 g/mol. The molecule has 2 N–H and O–H groups in total. The Labute approximate surface area is 162 Å². The van der Waals surface area contributed by atoms with Gasteiger partial charge in [0.05, 0.1) is 23.9 Å². The van der Waals surface area contributed by atoms with Crippen molar-refractivity contribution in [3.05, 3.63) is 58.6 Å². The zero-order valence-electron chi connectivity index (χ0n) is 14.3. The van der Waals surface area contributed by atoms with E-state index >= 15 is 0 Å². The van der Waals surface area contributed by atoms with Gasteiger partial charge < -0.3 is 14.8 Å². The van der Waals surface area contributed by atoms with Crippen LogP contribution in [0.3, 0.4) is 0 Å². The Bertz CT molecular complexity index is 827. The predicted molar refractivity (Wildman–Crippen MR) is 106 cm³/mol. The van der Waals surface area contributed by atoms with Gasteiger partial charge in [0.15, 0.2) is 16.6 Å². The third kappa shape index (κ3) is 5.44. The van der Waals surface area contributed by atoms with E-state index in [2.05, 4.69) is 15.8 Å². The molecule has 0 heterocycles. The molecule has 2 rings (SSSR count). The fraction of sp³-hybridized carbons (Fsp3) is 0.167. The van der Waals surface area contributed by atoms with Crippen LogP contribution in [0, 0.1) is 0 Å². The molecule has 0 spiro atoms. The number of benzene rings is 2. The van der Waals surface area contributed by atoms with Gasteiger partial charge in [0.1, 0.15) is 0 Å². The molecule has 8 heteroatoms. The number of ether oxygens (including phenoxy) is 2. The summed E-state index contributed by atoms with van der Waals surface area (Å²) in [5, 5.41) is 7.70. The number of carbonyl (C=O) groups excluding carboxylic acids is 1. The van der Waals surface area contributed by atoms with Gasteiger partial charge in [-0.05, 0) is 55.0 Å². The fourth-order valence-electron chi connectivity index (χ4n) is 2.00. The summed E-state index contributed by atoms with van der Waals surface area (Å²) in [5.41, 5.74) is 3.72. The number of halogens is 1. The molecule has 136 valence electrons. The number of hydrogen-bond donors (Lipinski definition) is 2. The van der Waals surface area contributed by atoms with Crippen LogP contribution in [0.25, 0.3) is 0 Å². The minimum atomic E-state index is -0.562. The lowest BCUT2D eigenvalue weighted by atomic mass is 10.2. The van der Waals surface area contributed by atoms with Crippen molar-refractivity contribution in [1.29, 1.82) is 0 Å². The molecule has 0 aliphatic heterocycles. The van der Waals surface area contributed by atoms with E-state index in [0.717, 1.165) is 5.56 Å². The van der Waals surface area contributed by atoms with Gasteiger partial charge in [-0.1, -0.05) is 23.7 Å². The molecule has 0 aromatic heterocycles. The number of nitrogens with one attached hydrogen (secondary N) is 2. The van der Waals surface area contributed by atoms with E-state index in [1.807, 2.05) is 6.92 Å². The van der Waals surface area contributed by atoms with Crippen LogP contribution in [0.15, 0.2) is 47.6 Å². The van der Waals surface area contributed by atoms with Crippen molar-refractivity contribution in [1.82, 2.24) is 10.7 Å². The smallest absolute Gasteiger partial charge is 0.345 e. The van der Waals surface area contributed by atoms with Gasteiger partial charge in [-0.3, -0.25) is 5.43 Å². The van der Waals surface area contributed by atoms with Crippen LogP contribution >= 0.6 is 23.8 Å². The molecule has 0 amide bonds. The standard InChI is InChI=1S/C18H18ClN3O3S/c1-3-20-18(26)22-21-11-12-8-9-15(16(10-12)24-2)25-17(23)13-6-4-5-7-14(13)19/h4-11H,3H2,1-2H3,(H2,20,22,26). The zero-order valence-corrected chi connectivity index (χ0v) is 15.9. The summed E-state index contributed by atoms with van der Waals surface area (Å²) < 4.78 is 10.7. The van der Waals surface area contributed by atoms with Crippen molar-refractivity contribution in [2.45, 2.75) is 6.92 Å². The molecule has 6 nitrogen and oxygen atoms in total. The molecule has 2 aromatic carbocycles. The largest absolute Gasteiger partial charge is 0.493 e. The van der Waals surface area contributed by atoms with Crippen LogP contribution in [0.5, 0.6) is 11.5 Å². The van der Waals surface area contributed by atoms with E-state index in [1.165, 1.54) is 7.11 Å². The van der Waals surface area contributed by atoms with Crippen LogP contribution in [0.4, 0.5) is 0 Å². The van der Waals surface area contributed by atoms with E-state index in [4.69, 9.17) is 33.3 Å². The van der Waals surface area contributed by atoms with Crippen molar-refractivity contribution < 1.29 is 14.3 Å². The lowest BCUT2D eigenvalue weighted by Gasteiger charge is -2.10. The minimum absolute atomic E-state index is 0.281. The van der Waals surface area contributed by atoms with Gasteiger partial charge in [0, 0.05) is 6.54 Å². The summed E-state index contributed by atoms with van der Waals surface area (Å²) in [4.78, 5) is 12.3. The number of hydrogen-bond acceptors (Lipinski definition) is 5. The highest BCUT2D eigenvalue weighted by Crippen LogP contribution is 2.29. The monoisotopic (exact) mass is 391 g/mol. The van der Waals surface area contributed by atoms with E-state index in [0.29, 0.717) is 22.4 Å². The number of methoxy groups -OCH3 is 1. The number of thiocarbonyl (C=S) groups is 1. The van der Waals surface area contributed by atoms with Crippen LogP contribution < -0.4 is 20.2 Å². The lowest BCUT2D eigenvalue weighted by molar-refractivity contribution is 0.0730. The second-order valence-electron chi connectivity index (χ2n) is 5.01. The third-order valence-corrected chi connectivity index (χ3v) is 3.77. The van der Waals surface area contributed by atoms with E-state index in [-0.39, 0.29) is 11.3 Å². The van der Waals surface area contributed by atoms with Crippen molar-refractivity contribution in [2.24, 2.45) is 5.10 Å². The molecule has 26 heavy (non-hydrogen) atoms. The Morgan fingerprint density at radius 3 is 2.73 bits per heavy atom. The predicted octanol–water partition coefficient (Wildman–Crippen LogP) is 3.39. The zero-order chi connectivity index (χ0) is 18.9. The first-order chi connectivity index (χ1) is 12.5. The van der Waals surface area contributed by atoms with Crippen LogP contribution in [-0.4, -0.2) is 31.0 Å². The third-order valence-electron chi connectivity index (χ3n) is 3.20. The molecule has 0 bridgehead atoms. The molecule has 0 atom stereocenters. The van der Waals surface area contributed by atoms with E-state index in [9.17, 15) is 4.79 Å². The van der Waals surface area contributed by atoms with Crippen molar-refractivity contribution in [3.8, 4) is 11.5 Å². The fourth-order valence-corrected chi connectivity index (χ4v) is 2.41. The molecular weight excluding hydrogens is 374 g/mol. The molecule has 0 aliphatic rings. The van der Waals surface area contributed by atoms with Crippen LogP contribution in [-0.2, 0) is 0 Å². The number of esters is 1. The molecule has 0 unspecified atom stereocenters. The Kier molecular flexibility index (Phi) is 7.37. The second kappa shape index (κ2) is 9.74. The first-order valence-electron chi connectivity index (χ1n) is 7.76. The maximum absolute atomic E-state index is 12.3. The highest BCUT2D eigenvalue weighted by Gasteiger charge is 2.15. The summed E-state index contributed by atoms with van der Waals surface area (Å²) in [6.45, 7) is 2.64. The maximum Gasteiger partial charge on any atom is 0.345 e. The molecule has 0 aliphatic carbocycles. The SMILES string of the molecule is CCNC(=S)NN=Cc1ccc(OC(=O)c2ccccc2Cl)c(OC)c1. The van der Waals surface area contributed by atoms with Crippen molar-refractivity contribution in [2.75, 3.05) is 13.7 Å². The van der Waals surface area contributed by atoms with E-state index in [1.54, 1.807) is 48.7 Å².